The molecule has 2 heterocycles. The van der Waals surface area contributed by atoms with E-state index in [0.29, 0.717) is 24.4 Å². The third kappa shape index (κ3) is 4.32. The van der Waals surface area contributed by atoms with Crippen LogP contribution in [0.5, 0.6) is 0 Å². The predicted octanol–water partition coefficient (Wildman–Crippen LogP) is 4.22. The molecule has 5 rings (SSSR count). The van der Waals surface area contributed by atoms with Gasteiger partial charge in [-0.3, -0.25) is 0 Å². The molecule has 1 aliphatic rings. The van der Waals surface area contributed by atoms with Gasteiger partial charge in [0.15, 0.2) is 12.4 Å². The second kappa shape index (κ2) is 9.37. The molecule has 0 radical (unpaired) electrons. The van der Waals surface area contributed by atoms with Crippen LogP contribution in [-0.2, 0) is 29.5 Å². The summed E-state index contributed by atoms with van der Waals surface area (Å²) in [7, 11) is -3.90. The van der Waals surface area contributed by atoms with Crippen LogP contribution in [0, 0.1) is 11.3 Å². The number of sulfonamides is 1. The van der Waals surface area contributed by atoms with Crippen LogP contribution >= 0.6 is 0 Å². The Balaban J connectivity index is 1.73. The number of nitrogens with one attached hydrogen (secondary N) is 2. The lowest BCUT2D eigenvalue weighted by atomic mass is 10.0. The van der Waals surface area contributed by atoms with E-state index >= 15 is 0 Å². The van der Waals surface area contributed by atoms with Crippen LogP contribution < -0.4 is 5.32 Å². The lowest BCUT2D eigenvalue weighted by Crippen LogP contribution is -2.60. The highest BCUT2D eigenvalue weighted by Gasteiger charge is 2.51. The van der Waals surface area contributed by atoms with E-state index in [0.717, 1.165) is 16.8 Å². The van der Waals surface area contributed by atoms with Crippen molar-refractivity contribution in [2.45, 2.75) is 30.4 Å². The van der Waals surface area contributed by atoms with Gasteiger partial charge in [0.25, 0.3) is 0 Å². The van der Waals surface area contributed by atoms with Crippen molar-refractivity contribution in [1.29, 1.82) is 5.26 Å². The minimum Gasteiger partial charge on any atom is -0.379 e. The lowest BCUT2D eigenvalue weighted by Gasteiger charge is -2.41. The summed E-state index contributed by atoms with van der Waals surface area (Å²) in [5.41, 5.74) is 3.21. The van der Waals surface area contributed by atoms with Gasteiger partial charge in [-0.15, -0.1) is 0 Å². The summed E-state index contributed by atoms with van der Waals surface area (Å²) in [6.07, 6.45) is 3.91. The fourth-order valence-electron chi connectivity index (χ4n) is 4.89. The van der Waals surface area contributed by atoms with E-state index in [4.69, 9.17) is 0 Å². The van der Waals surface area contributed by atoms with Crippen LogP contribution in [0.2, 0.25) is 0 Å². The maximum absolute atomic E-state index is 14.6. The van der Waals surface area contributed by atoms with E-state index in [1.54, 1.807) is 48.8 Å². The van der Waals surface area contributed by atoms with E-state index in [1.807, 2.05) is 42.5 Å². The number of imidazole rings is 1. The van der Waals surface area contributed by atoms with Crippen molar-refractivity contribution in [2.24, 2.45) is 0 Å². The third-order valence-corrected chi connectivity index (χ3v) is 9.05. The van der Waals surface area contributed by atoms with Crippen molar-refractivity contribution < 1.29 is 12.3 Å². The summed E-state index contributed by atoms with van der Waals surface area (Å²) in [6, 6.07) is 25.9. The topological polar surface area (TPSA) is 98.6 Å². The first-order valence-electron chi connectivity index (χ1n) is 11.5. The van der Waals surface area contributed by atoms with E-state index < -0.39 is 10.0 Å². The molecule has 1 aliphatic heterocycles. The van der Waals surface area contributed by atoms with Crippen LogP contribution in [0.4, 0.5) is 5.69 Å². The fourth-order valence-corrected chi connectivity index (χ4v) is 6.96. The molecule has 4 aromatic rings. The first kappa shape index (κ1) is 22.8. The highest BCUT2D eigenvalue weighted by atomic mass is 32.2. The molecule has 1 aromatic heterocycles. The van der Waals surface area contributed by atoms with Gasteiger partial charge in [0.2, 0.25) is 0 Å². The molecule has 0 fully saturated rings. The minimum absolute atomic E-state index is 0.166. The van der Waals surface area contributed by atoms with Gasteiger partial charge in [0, 0.05) is 30.1 Å². The monoisotopic (exact) mass is 484 g/mol. The molecule has 35 heavy (non-hydrogen) atoms. The SMILES string of the molecule is N#Cc1ccc2c(c1)C[N@+](Cc1ncc[nH]1)(S(=O)(=O)c1ccccc1)C(Cc1ccccc1)CN2. The summed E-state index contributed by atoms with van der Waals surface area (Å²) in [5, 5.41) is 13.0. The number of hydrogen-bond donors (Lipinski definition) is 2. The molecule has 2 N–H and O–H groups in total. The molecule has 1 unspecified atom stereocenters. The summed E-state index contributed by atoms with van der Waals surface area (Å²) in [6.45, 7) is 0.813. The number of quaternary nitrogens is 1. The zero-order valence-corrected chi connectivity index (χ0v) is 19.9. The van der Waals surface area contributed by atoms with Gasteiger partial charge < -0.3 is 10.3 Å². The summed E-state index contributed by atoms with van der Waals surface area (Å²) < 4.78 is 28.9. The Morgan fingerprint density at radius 1 is 1.03 bits per heavy atom. The van der Waals surface area contributed by atoms with Crippen molar-refractivity contribution in [3.63, 3.8) is 0 Å². The second-order valence-electron chi connectivity index (χ2n) is 8.80. The van der Waals surface area contributed by atoms with E-state index in [1.165, 1.54) is 0 Å². The molecule has 0 bridgehead atoms. The highest BCUT2D eigenvalue weighted by Crippen LogP contribution is 2.38. The second-order valence-corrected chi connectivity index (χ2v) is 10.9. The van der Waals surface area contributed by atoms with Crippen LogP contribution in [0.1, 0.15) is 22.5 Å². The normalized spacial score (nSPS) is 19.7. The number of nitriles is 1. The number of benzene rings is 3. The first-order valence-corrected chi connectivity index (χ1v) is 12.9. The van der Waals surface area contributed by atoms with Gasteiger partial charge in [-0.1, -0.05) is 48.5 Å². The molecule has 0 amide bonds. The van der Waals surface area contributed by atoms with Gasteiger partial charge in [-0.25, -0.2) is 4.98 Å². The van der Waals surface area contributed by atoms with Crippen LogP contribution in [-0.4, -0.2) is 34.9 Å². The van der Waals surface area contributed by atoms with Gasteiger partial charge in [-0.05, 0) is 35.9 Å². The maximum Gasteiger partial charge on any atom is 0.328 e. The average molecular weight is 485 g/mol. The molecule has 8 heteroatoms. The number of fused-ring (bicyclic) bond motifs is 1. The highest BCUT2D eigenvalue weighted by molar-refractivity contribution is 7.86. The number of aromatic nitrogens is 2. The maximum atomic E-state index is 14.6. The molecule has 0 aliphatic carbocycles. The molecule has 0 saturated heterocycles. The number of aromatic amines is 1. The van der Waals surface area contributed by atoms with Gasteiger partial charge in [-0.2, -0.15) is 17.6 Å². The Morgan fingerprint density at radius 3 is 2.46 bits per heavy atom. The van der Waals surface area contributed by atoms with Crippen molar-refractivity contribution >= 4 is 15.7 Å². The van der Waals surface area contributed by atoms with Crippen molar-refractivity contribution in [1.82, 2.24) is 9.97 Å². The van der Waals surface area contributed by atoms with Crippen LogP contribution in [0.15, 0.2) is 96.2 Å². The van der Waals surface area contributed by atoms with Crippen LogP contribution in [0.25, 0.3) is 0 Å². The predicted molar refractivity (Wildman–Crippen MR) is 133 cm³/mol. The van der Waals surface area contributed by atoms with Crippen LogP contribution in [0.3, 0.4) is 0 Å². The number of H-pyrrole nitrogens is 1. The Labute approximate surface area is 205 Å². The Morgan fingerprint density at radius 2 is 1.77 bits per heavy atom. The molecule has 2 atom stereocenters. The Hall–Kier alpha value is -3.93. The van der Waals surface area contributed by atoms with Crippen molar-refractivity contribution in [3.05, 3.63) is 114 Å². The molecule has 7 nitrogen and oxygen atoms in total. The minimum atomic E-state index is -3.90. The van der Waals surface area contributed by atoms with Crippen molar-refractivity contribution in [2.75, 3.05) is 11.9 Å². The number of nitrogens with zero attached hydrogens (tertiary/aromatic N) is 3. The molecule has 3 aromatic carbocycles. The largest absolute Gasteiger partial charge is 0.379 e. The van der Waals surface area contributed by atoms with Gasteiger partial charge >= 0.3 is 10.0 Å². The zero-order valence-electron chi connectivity index (χ0n) is 19.1. The number of anilines is 1. The molecule has 0 spiro atoms. The third-order valence-electron chi connectivity index (χ3n) is 6.67. The molecular formula is C27H26N5O2S+. The lowest BCUT2D eigenvalue weighted by molar-refractivity contribution is -0.858. The number of hydrogen-bond acceptors (Lipinski definition) is 5. The molecular weight excluding hydrogens is 458 g/mol. The van der Waals surface area contributed by atoms with E-state index in [2.05, 4.69) is 21.4 Å². The smallest absolute Gasteiger partial charge is 0.328 e. The average Bonchev–Trinajstić information content (AvgIpc) is 3.35. The zero-order chi connectivity index (χ0) is 24.3. The standard InChI is InChI=1S/C27H26N5O2S/c28-17-22-11-12-26-23(15-22)19-32(20-27-29-13-14-30-27,35(33,34)25-9-5-2-6-10-25)24(18-31-26)16-21-7-3-1-4-8-21/h1-15,24,31H,16,18-20H2,(H,29,30)/q+1/t24?,32-/m1/s1. The molecule has 176 valence electrons. The number of rotatable bonds is 6. The van der Waals surface area contributed by atoms with E-state index in [-0.39, 0.29) is 27.9 Å². The fraction of sp³-hybridized carbons (Fsp3) is 0.185. The van der Waals surface area contributed by atoms with Gasteiger partial charge in [0.1, 0.15) is 17.5 Å². The summed E-state index contributed by atoms with van der Waals surface area (Å²) in [4.78, 5) is 7.80. The van der Waals surface area contributed by atoms with E-state index in [9.17, 15) is 13.7 Å². The molecule has 0 saturated carbocycles. The van der Waals surface area contributed by atoms with Crippen molar-refractivity contribution in [3.8, 4) is 6.07 Å². The quantitative estimate of drug-likeness (QED) is 0.399. The summed E-state index contributed by atoms with van der Waals surface area (Å²) >= 11 is 0. The first-order chi connectivity index (χ1) is 17.0. The van der Waals surface area contributed by atoms with Gasteiger partial charge in [0.05, 0.1) is 18.2 Å². The Kier molecular flexibility index (Phi) is 6.12. The Bertz CT molecular complexity index is 1450. The summed E-state index contributed by atoms with van der Waals surface area (Å²) in [5.74, 6) is 0.599.